The van der Waals surface area contributed by atoms with Gasteiger partial charge in [-0.05, 0) is 6.42 Å². The van der Waals surface area contributed by atoms with E-state index in [0.717, 1.165) is 19.3 Å². The van der Waals surface area contributed by atoms with Crippen LogP contribution in [0.2, 0.25) is 0 Å². The quantitative estimate of drug-likeness (QED) is 0.257. The van der Waals surface area contributed by atoms with Gasteiger partial charge in [0.25, 0.3) is 16.0 Å². The van der Waals surface area contributed by atoms with E-state index >= 15 is 0 Å². The fraction of sp³-hybridized carbons (Fsp3) is 0.750. The Kier molecular flexibility index (Phi) is 11.8. The SMILES string of the molecule is CCCCCCCCCCCCCCCC(=O)On1c(O)cc(S(=O)(=O)O)c1O. The molecule has 0 fully saturated rings. The zero-order chi connectivity index (χ0) is 21.7. The Morgan fingerprint density at radius 2 is 1.34 bits per heavy atom. The minimum atomic E-state index is -4.73. The van der Waals surface area contributed by atoms with E-state index < -0.39 is 32.7 Å². The number of nitrogens with zero attached hydrogens (tertiary/aromatic N) is 1. The number of carbonyl (C=O) groups excluding carboxylic acids is 1. The second-order valence-corrected chi connectivity index (χ2v) is 8.81. The van der Waals surface area contributed by atoms with Gasteiger partial charge in [-0.15, -0.1) is 4.73 Å². The number of aromatic hydroxyl groups is 2. The molecular weight excluding hydrogens is 398 g/mol. The first-order chi connectivity index (χ1) is 13.8. The Hall–Kier alpha value is -1.74. The van der Waals surface area contributed by atoms with Gasteiger partial charge in [-0.1, -0.05) is 84.0 Å². The molecular formula is C20H35NO7S. The monoisotopic (exact) mass is 433 g/mol. The van der Waals surface area contributed by atoms with Gasteiger partial charge in [0.1, 0.15) is 0 Å². The Bertz CT molecular complexity index is 713. The average molecular weight is 434 g/mol. The third kappa shape index (κ3) is 10.0. The lowest BCUT2D eigenvalue weighted by Gasteiger charge is -2.07. The lowest BCUT2D eigenvalue weighted by Crippen LogP contribution is -2.18. The van der Waals surface area contributed by atoms with Gasteiger partial charge in [-0.2, -0.15) is 8.42 Å². The molecule has 0 saturated heterocycles. The van der Waals surface area contributed by atoms with Crippen LogP contribution in [0.5, 0.6) is 11.8 Å². The van der Waals surface area contributed by atoms with Crippen LogP contribution in [0, 0.1) is 0 Å². The van der Waals surface area contributed by atoms with Gasteiger partial charge in [-0.3, -0.25) is 4.55 Å². The highest BCUT2D eigenvalue weighted by molar-refractivity contribution is 7.86. The molecule has 0 aliphatic carbocycles. The summed E-state index contributed by atoms with van der Waals surface area (Å²) < 4.78 is 31.3. The zero-order valence-corrected chi connectivity index (χ0v) is 18.1. The van der Waals surface area contributed by atoms with Crippen LogP contribution in [0.1, 0.15) is 96.8 Å². The molecule has 29 heavy (non-hydrogen) atoms. The number of aromatic nitrogens is 1. The van der Waals surface area contributed by atoms with Crippen molar-refractivity contribution >= 4 is 16.1 Å². The van der Waals surface area contributed by atoms with Gasteiger partial charge in [0.15, 0.2) is 4.90 Å². The van der Waals surface area contributed by atoms with E-state index in [0.29, 0.717) is 12.5 Å². The van der Waals surface area contributed by atoms with Crippen molar-refractivity contribution in [2.75, 3.05) is 0 Å². The van der Waals surface area contributed by atoms with E-state index in [-0.39, 0.29) is 11.2 Å². The minimum absolute atomic E-state index is 0.0794. The van der Waals surface area contributed by atoms with E-state index in [1.165, 1.54) is 57.8 Å². The van der Waals surface area contributed by atoms with Crippen molar-refractivity contribution in [2.24, 2.45) is 0 Å². The van der Waals surface area contributed by atoms with Crippen LogP contribution >= 0.6 is 0 Å². The van der Waals surface area contributed by atoms with Crippen LogP contribution < -0.4 is 4.84 Å². The Balaban J connectivity index is 2.10. The first-order valence-corrected chi connectivity index (χ1v) is 12.0. The van der Waals surface area contributed by atoms with Crippen LogP contribution in [-0.4, -0.2) is 33.9 Å². The molecule has 9 heteroatoms. The van der Waals surface area contributed by atoms with Gasteiger partial charge >= 0.3 is 5.97 Å². The fourth-order valence-electron chi connectivity index (χ4n) is 3.16. The molecule has 0 radical (unpaired) electrons. The molecule has 3 N–H and O–H groups in total. The largest absolute Gasteiger partial charge is 0.492 e. The molecule has 0 amide bonds. The summed E-state index contributed by atoms with van der Waals surface area (Å²) in [5.74, 6) is -2.56. The van der Waals surface area contributed by atoms with Crippen LogP contribution in [0.15, 0.2) is 11.0 Å². The van der Waals surface area contributed by atoms with Crippen molar-refractivity contribution in [1.82, 2.24) is 4.73 Å². The van der Waals surface area contributed by atoms with Crippen molar-refractivity contribution in [2.45, 2.75) is 102 Å². The molecule has 0 aliphatic heterocycles. The molecule has 1 aromatic rings. The lowest BCUT2D eigenvalue weighted by atomic mass is 10.0. The molecule has 0 aromatic carbocycles. The molecule has 0 saturated carbocycles. The molecule has 0 aliphatic rings. The van der Waals surface area contributed by atoms with Gasteiger partial charge < -0.3 is 15.1 Å². The minimum Gasteiger partial charge on any atom is -0.492 e. The normalized spacial score (nSPS) is 11.7. The fourth-order valence-corrected chi connectivity index (χ4v) is 3.73. The van der Waals surface area contributed by atoms with E-state index in [9.17, 15) is 23.4 Å². The molecule has 8 nitrogen and oxygen atoms in total. The molecule has 0 bridgehead atoms. The van der Waals surface area contributed by atoms with Gasteiger partial charge in [0.05, 0.1) is 0 Å². The maximum absolute atomic E-state index is 11.8. The predicted molar refractivity (Wildman–Crippen MR) is 109 cm³/mol. The average Bonchev–Trinajstić information content (AvgIpc) is 2.94. The van der Waals surface area contributed by atoms with Crippen molar-refractivity contribution in [1.29, 1.82) is 0 Å². The molecule has 0 spiro atoms. The highest BCUT2D eigenvalue weighted by Crippen LogP contribution is 2.30. The number of hydrogen-bond donors (Lipinski definition) is 3. The van der Waals surface area contributed by atoms with Gasteiger partial charge in [0, 0.05) is 12.5 Å². The summed E-state index contributed by atoms with van der Waals surface area (Å²) in [6.07, 6.45) is 15.4. The van der Waals surface area contributed by atoms with E-state index in [2.05, 4.69) is 6.92 Å². The zero-order valence-electron chi connectivity index (χ0n) is 17.3. The summed E-state index contributed by atoms with van der Waals surface area (Å²) in [6, 6.07) is 0.600. The van der Waals surface area contributed by atoms with Crippen LogP contribution in [0.4, 0.5) is 0 Å². The van der Waals surface area contributed by atoms with Crippen LogP contribution in [0.3, 0.4) is 0 Å². The number of rotatable bonds is 16. The smallest absolute Gasteiger partial charge is 0.333 e. The summed E-state index contributed by atoms with van der Waals surface area (Å²) in [5.41, 5.74) is 0. The third-order valence-corrected chi connectivity index (χ3v) is 5.69. The van der Waals surface area contributed by atoms with Crippen molar-refractivity contribution in [3.8, 4) is 11.8 Å². The van der Waals surface area contributed by atoms with Crippen molar-refractivity contribution in [3.63, 3.8) is 0 Å². The summed E-state index contributed by atoms with van der Waals surface area (Å²) >= 11 is 0. The van der Waals surface area contributed by atoms with Crippen molar-refractivity contribution in [3.05, 3.63) is 6.07 Å². The Labute approximate surface area is 173 Å². The Morgan fingerprint density at radius 3 is 1.76 bits per heavy atom. The first-order valence-electron chi connectivity index (χ1n) is 10.6. The highest BCUT2D eigenvalue weighted by atomic mass is 32.2. The van der Waals surface area contributed by atoms with Gasteiger partial charge in [-0.25, -0.2) is 4.79 Å². The van der Waals surface area contributed by atoms with Crippen molar-refractivity contribution < 1.29 is 32.8 Å². The maximum Gasteiger partial charge on any atom is 0.333 e. The first kappa shape index (κ1) is 25.3. The Morgan fingerprint density at radius 1 is 0.897 bits per heavy atom. The summed E-state index contributed by atoms with van der Waals surface area (Å²) in [4.78, 5) is 15.6. The summed E-state index contributed by atoms with van der Waals surface area (Å²) in [6.45, 7) is 2.23. The topological polar surface area (TPSA) is 126 Å². The molecule has 0 atom stereocenters. The van der Waals surface area contributed by atoms with E-state index in [1.807, 2.05) is 0 Å². The number of carbonyl (C=O) groups is 1. The molecule has 1 rings (SSSR count). The molecule has 1 heterocycles. The number of hydrogen-bond acceptors (Lipinski definition) is 6. The van der Waals surface area contributed by atoms with Crippen LogP contribution in [-0.2, 0) is 14.9 Å². The van der Waals surface area contributed by atoms with Crippen LogP contribution in [0.25, 0.3) is 0 Å². The van der Waals surface area contributed by atoms with E-state index in [4.69, 9.17) is 9.39 Å². The predicted octanol–water partition coefficient (Wildman–Crippen LogP) is 4.58. The molecule has 0 unspecified atom stereocenters. The maximum atomic E-state index is 11.8. The molecule has 168 valence electrons. The van der Waals surface area contributed by atoms with E-state index in [1.54, 1.807) is 0 Å². The highest BCUT2D eigenvalue weighted by Gasteiger charge is 2.25. The third-order valence-electron chi connectivity index (χ3n) is 4.84. The lowest BCUT2D eigenvalue weighted by molar-refractivity contribution is -0.145. The summed E-state index contributed by atoms with van der Waals surface area (Å²) in [7, 11) is -4.73. The van der Waals surface area contributed by atoms with Gasteiger partial charge in [0.2, 0.25) is 5.88 Å². The summed E-state index contributed by atoms with van der Waals surface area (Å²) in [5, 5.41) is 19.2. The molecule has 1 aromatic heterocycles. The standard InChI is InChI=1S/C20H35NO7S/c1-2-3-4-5-6-7-8-9-10-11-12-13-14-15-19(23)28-21-18(22)16-17(20(21)24)29(25,26)27/h16,22,24H,2-15H2,1H3,(H,25,26,27). The second kappa shape index (κ2) is 13.5. The second-order valence-electron chi connectivity index (χ2n) is 7.42. The number of unbranched alkanes of at least 4 members (excludes halogenated alkanes) is 12.